The lowest BCUT2D eigenvalue weighted by atomic mass is 9.65. The molecule has 0 bridgehead atoms. The van der Waals surface area contributed by atoms with Crippen molar-refractivity contribution in [3.63, 3.8) is 0 Å². The molecular weight excluding hydrogens is 288 g/mol. The summed E-state index contributed by atoms with van der Waals surface area (Å²) in [6.45, 7) is 0.578. The Hall–Kier alpha value is -1.10. The molecule has 1 aliphatic carbocycles. The second-order valence-corrected chi connectivity index (χ2v) is 6.33. The molecule has 1 fully saturated rings. The van der Waals surface area contributed by atoms with Gasteiger partial charge in [0.05, 0.1) is 0 Å². The summed E-state index contributed by atoms with van der Waals surface area (Å²) in [7, 11) is 1.54. The Morgan fingerprint density at radius 1 is 1.48 bits per heavy atom. The van der Waals surface area contributed by atoms with Crippen LogP contribution in [-0.2, 0) is 14.9 Å². The van der Waals surface area contributed by atoms with Crippen LogP contribution < -0.4 is 11.5 Å². The van der Waals surface area contributed by atoms with Gasteiger partial charge in [0.15, 0.2) is 0 Å². The van der Waals surface area contributed by atoms with E-state index in [2.05, 4.69) is 6.07 Å². The van der Waals surface area contributed by atoms with Crippen molar-refractivity contribution in [1.29, 1.82) is 0 Å². The number of hydrogen-bond acceptors (Lipinski definition) is 3. The van der Waals surface area contributed by atoms with Crippen molar-refractivity contribution < 1.29 is 9.53 Å². The second kappa shape index (κ2) is 6.77. The number of carbonyl (C=O) groups is 1. The molecule has 4 nitrogen and oxygen atoms in total. The van der Waals surface area contributed by atoms with E-state index in [-0.39, 0.29) is 17.2 Å². The van der Waals surface area contributed by atoms with Crippen LogP contribution in [0.1, 0.15) is 31.2 Å². The molecule has 1 saturated carbocycles. The molecule has 0 radical (unpaired) electrons. The molecule has 1 aromatic rings. The zero-order valence-electron chi connectivity index (χ0n) is 12.3. The maximum atomic E-state index is 11.4. The maximum Gasteiger partial charge on any atom is 0.246 e. The minimum Gasteiger partial charge on any atom is -0.371 e. The van der Waals surface area contributed by atoms with E-state index >= 15 is 0 Å². The lowest BCUT2D eigenvalue weighted by Gasteiger charge is -2.41. The number of amides is 1. The predicted molar refractivity (Wildman–Crippen MR) is 84.1 cm³/mol. The maximum absolute atomic E-state index is 11.4. The fraction of sp³-hybridized carbons (Fsp3) is 0.562. The number of rotatable bonds is 5. The largest absolute Gasteiger partial charge is 0.371 e. The first-order valence-corrected chi connectivity index (χ1v) is 7.68. The zero-order chi connectivity index (χ0) is 15.5. The molecule has 21 heavy (non-hydrogen) atoms. The van der Waals surface area contributed by atoms with Crippen molar-refractivity contribution in [1.82, 2.24) is 0 Å². The van der Waals surface area contributed by atoms with Gasteiger partial charge >= 0.3 is 0 Å². The molecule has 0 heterocycles. The Morgan fingerprint density at radius 3 is 2.62 bits per heavy atom. The van der Waals surface area contributed by atoms with Crippen molar-refractivity contribution in [2.75, 3.05) is 13.7 Å². The van der Waals surface area contributed by atoms with Gasteiger partial charge in [-0.25, -0.2) is 0 Å². The van der Waals surface area contributed by atoms with E-state index in [0.29, 0.717) is 6.54 Å². The summed E-state index contributed by atoms with van der Waals surface area (Å²) in [6.07, 6.45) is 3.10. The summed E-state index contributed by atoms with van der Waals surface area (Å²) in [5.41, 5.74) is 12.6. The topological polar surface area (TPSA) is 78.3 Å². The van der Waals surface area contributed by atoms with E-state index in [1.54, 1.807) is 0 Å². The van der Waals surface area contributed by atoms with Gasteiger partial charge in [-0.3, -0.25) is 4.79 Å². The Kier molecular flexibility index (Phi) is 5.25. The number of ether oxygens (including phenoxy) is 1. The van der Waals surface area contributed by atoms with E-state index in [1.165, 1.54) is 12.7 Å². The summed E-state index contributed by atoms with van der Waals surface area (Å²) in [6, 6.07) is 7.91. The highest BCUT2D eigenvalue weighted by atomic mass is 35.5. The van der Waals surface area contributed by atoms with Crippen molar-refractivity contribution in [3.8, 4) is 0 Å². The standard InChI is InChI=1S/C16H23ClN2O2/c1-21-14(15(19)20)11-5-7-16(10-18,8-6-11)12-3-2-4-13(17)9-12/h2-4,9,11,14H,5-8,10,18H2,1H3,(H2,19,20). The molecule has 4 N–H and O–H groups in total. The Balaban J connectivity index is 2.14. The minimum atomic E-state index is -0.500. The van der Waals surface area contributed by atoms with Crippen molar-refractivity contribution >= 4 is 17.5 Å². The fourth-order valence-corrected chi connectivity index (χ4v) is 3.66. The summed E-state index contributed by atoms with van der Waals surface area (Å²) in [5.74, 6) is -0.211. The van der Waals surface area contributed by atoms with Gasteiger partial charge in [0.1, 0.15) is 6.10 Å². The summed E-state index contributed by atoms with van der Waals surface area (Å²) < 4.78 is 5.25. The second-order valence-electron chi connectivity index (χ2n) is 5.89. The lowest BCUT2D eigenvalue weighted by molar-refractivity contribution is -0.132. The Bertz CT molecular complexity index is 499. The summed E-state index contributed by atoms with van der Waals surface area (Å²) in [5, 5.41) is 0.731. The highest BCUT2D eigenvalue weighted by molar-refractivity contribution is 6.30. The quantitative estimate of drug-likeness (QED) is 0.875. The molecular formula is C16H23ClN2O2. The molecule has 1 amide bonds. The van der Waals surface area contributed by atoms with Gasteiger partial charge in [0.2, 0.25) is 5.91 Å². The van der Waals surface area contributed by atoms with Crippen LogP contribution in [0.15, 0.2) is 24.3 Å². The van der Waals surface area contributed by atoms with Crippen molar-refractivity contribution in [2.24, 2.45) is 17.4 Å². The Morgan fingerprint density at radius 2 is 2.14 bits per heavy atom. The monoisotopic (exact) mass is 310 g/mol. The van der Waals surface area contributed by atoms with Crippen LogP contribution in [0, 0.1) is 5.92 Å². The number of hydrogen-bond donors (Lipinski definition) is 2. The molecule has 0 spiro atoms. The molecule has 1 unspecified atom stereocenters. The smallest absolute Gasteiger partial charge is 0.246 e. The van der Waals surface area contributed by atoms with Gasteiger partial charge < -0.3 is 16.2 Å². The van der Waals surface area contributed by atoms with E-state index in [9.17, 15) is 4.79 Å². The van der Waals surface area contributed by atoms with Gasteiger partial charge in [-0.1, -0.05) is 23.7 Å². The molecule has 1 aromatic carbocycles. The molecule has 0 aromatic heterocycles. The molecule has 116 valence electrons. The SMILES string of the molecule is COC(C(N)=O)C1CCC(CN)(c2cccc(Cl)c2)CC1. The van der Waals surface area contributed by atoms with E-state index in [1.807, 2.05) is 18.2 Å². The Labute approximate surface area is 130 Å². The third-order valence-electron chi connectivity index (χ3n) is 4.78. The third-order valence-corrected chi connectivity index (χ3v) is 5.01. The number of nitrogens with two attached hydrogens (primary N) is 2. The normalized spacial score (nSPS) is 27.3. The molecule has 1 atom stereocenters. The molecule has 2 rings (SSSR count). The first-order chi connectivity index (χ1) is 10.0. The minimum absolute atomic E-state index is 0.0582. The van der Waals surface area contributed by atoms with E-state index in [0.717, 1.165) is 30.7 Å². The average molecular weight is 311 g/mol. The van der Waals surface area contributed by atoms with E-state index < -0.39 is 6.10 Å². The predicted octanol–water partition coefficient (Wildman–Crippen LogP) is 2.23. The average Bonchev–Trinajstić information content (AvgIpc) is 2.48. The van der Waals surface area contributed by atoms with Crippen LogP contribution in [0.25, 0.3) is 0 Å². The third kappa shape index (κ3) is 3.39. The van der Waals surface area contributed by atoms with Crippen LogP contribution in [-0.4, -0.2) is 25.7 Å². The number of benzene rings is 1. The van der Waals surface area contributed by atoms with Gasteiger partial charge in [0.25, 0.3) is 0 Å². The highest BCUT2D eigenvalue weighted by Crippen LogP contribution is 2.42. The highest BCUT2D eigenvalue weighted by Gasteiger charge is 2.39. The summed E-state index contributed by atoms with van der Waals surface area (Å²) in [4.78, 5) is 11.4. The summed E-state index contributed by atoms with van der Waals surface area (Å²) >= 11 is 6.10. The number of carbonyl (C=O) groups excluding carboxylic acids is 1. The van der Waals surface area contributed by atoms with Crippen LogP contribution in [0.3, 0.4) is 0 Å². The number of primary amides is 1. The number of halogens is 1. The van der Waals surface area contributed by atoms with Crippen LogP contribution in [0.4, 0.5) is 0 Å². The first-order valence-electron chi connectivity index (χ1n) is 7.30. The van der Waals surface area contributed by atoms with Crippen LogP contribution >= 0.6 is 11.6 Å². The van der Waals surface area contributed by atoms with Crippen molar-refractivity contribution in [3.05, 3.63) is 34.9 Å². The van der Waals surface area contributed by atoms with Crippen LogP contribution in [0.5, 0.6) is 0 Å². The molecule has 0 saturated heterocycles. The van der Waals surface area contributed by atoms with Gasteiger partial charge in [-0.2, -0.15) is 0 Å². The van der Waals surface area contributed by atoms with Gasteiger partial charge in [-0.15, -0.1) is 0 Å². The lowest BCUT2D eigenvalue weighted by Crippen LogP contribution is -2.44. The van der Waals surface area contributed by atoms with Crippen molar-refractivity contribution in [2.45, 2.75) is 37.2 Å². The van der Waals surface area contributed by atoms with Gasteiger partial charge in [0, 0.05) is 24.1 Å². The molecule has 5 heteroatoms. The van der Waals surface area contributed by atoms with Crippen LogP contribution in [0.2, 0.25) is 5.02 Å². The zero-order valence-corrected chi connectivity index (χ0v) is 13.1. The fourth-order valence-electron chi connectivity index (χ4n) is 3.47. The molecule has 1 aliphatic rings. The first kappa shape index (κ1) is 16.3. The molecule has 0 aliphatic heterocycles. The van der Waals surface area contributed by atoms with E-state index in [4.69, 9.17) is 27.8 Å². The number of methoxy groups -OCH3 is 1. The van der Waals surface area contributed by atoms with Gasteiger partial charge in [-0.05, 0) is 49.3 Å².